The van der Waals surface area contributed by atoms with E-state index in [-0.39, 0.29) is 18.3 Å². The van der Waals surface area contributed by atoms with E-state index in [0.29, 0.717) is 5.82 Å². The molecule has 0 spiro atoms. The highest BCUT2D eigenvalue weighted by Gasteiger charge is 2.59. The first-order valence-electron chi connectivity index (χ1n) is 6.75. The topological polar surface area (TPSA) is 18.5 Å². The van der Waals surface area contributed by atoms with Crippen LogP contribution < -0.4 is 0 Å². The highest BCUT2D eigenvalue weighted by atomic mass is 16.7. The molecule has 3 rings (SSSR count). The molecule has 3 fully saturated rings. The van der Waals surface area contributed by atoms with Crippen LogP contribution >= 0.6 is 0 Å². The third-order valence-corrected chi connectivity index (χ3v) is 4.93. The van der Waals surface area contributed by atoms with Gasteiger partial charge in [-0.2, -0.15) is 0 Å². The largest absolute Gasteiger partial charge is 0.461 e. The van der Waals surface area contributed by atoms with Crippen molar-refractivity contribution in [2.24, 2.45) is 11.8 Å². The summed E-state index contributed by atoms with van der Waals surface area (Å²) >= 11 is 0. The summed E-state index contributed by atoms with van der Waals surface area (Å²) in [5.41, 5.74) is -0.297. The first-order valence-corrected chi connectivity index (χ1v) is 6.75. The van der Waals surface area contributed by atoms with Crippen molar-refractivity contribution in [2.45, 2.75) is 70.4 Å². The van der Waals surface area contributed by atoms with E-state index < -0.39 is 0 Å². The number of rotatable bonds is 3. The quantitative estimate of drug-likeness (QED) is 0.682. The Labute approximate surface area is 99.2 Å². The standard InChI is InChI=1S/C13H23BO2/c1-12(2)13(3,4)16-14(15-12)11-8-10(11)7-9-5-6-9/h9-11H,5-8H2,1-4H3. The fourth-order valence-corrected chi connectivity index (χ4v) is 2.72. The molecule has 0 bridgehead atoms. The molecule has 2 nitrogen and oxygen atoms in total. The van der Waals surface area contributed by atoms with Crippen LogP contribution in [-0.2, 0) is 9.31 Å². The van der Waals surface area contributed by atoms with Crippen LogP contribution in [-0.4, -0.2) is 18.3 Å². The van der Waals surface area contributed by atoms with Gasteiger partial charge in [0.2, 0.25) is 0 Å². The molecule has 0 aromatic heterocycles. The third kappa shape index (κ3) is 1.82. The predicted octanol–water partition coefficient (Wildman–Crippen LogP) is 3.27. The lowest BCUT2D eigenvalue weighted by molar-refractivity contribution is 0.00578. The highest BCUT2D eigenvalue weighted by Crippen LogP contribution is 2.57. The van der Waals surface area contributed by atoms with E-state index in [0.717, 1.165) is 11.8 Å². The SMILES string of the molecule is CC1(C)OB(C2CC2CC2CC2)OC1(C)C. The van der Waals surface area contributed by atoms with Crippen molar-refractivity contribution >= 4 is 7.12 Å². The maximum absolute atomic E-state index is 6.10. The molecule has 0 aromatic carbocycles. The fraction of sp³-hybridized carbons (Fsp3) is 1.00. The summed E-state index contributed by atoms with van der Waals surface area (Å²) in [5.74, 6) is 2.61. The highest BCUT2D eigenvalue weighted by molar-refractivity contribution is 6.48. The van der Waals surface area contributed by atoms with Gasteiger partial charge in [-0.05, 0) is 58.2 Å². The average molecular weight is 222 g/mol. The van der Waals surface area contributed by atoms with Crippen LogP contribution in [0.25, 0.3) is 0 Å². The second-order valence-electron chi connectivity index (χ2n) is 6.96. The Morgan fingerprint density at radius 1 is 1.06 bits per heavy atom. The molecule has 1 heterocycles. The molecular formula is C13H23BO2. The minimum Gasteiger partial charge on any atom is -0.403 e. The van der Waals surface area contributed by atoms with Gasteiger partial charge in [0, 0.05) is 0 Å². The molecule has 3 heteroatoms. The summed E-state index contributed by atoms with van der Waals surface area (Å²) < 4.78 is 12.2. The lowest BCUT2D eigenvalue weighted by Gasteiger charge is -2.32. The first-order chi connectivity index (χ1) is 7.39. The van der Waals surface area contributed by atoms with Crippen molar-refractivity contribution in [1.29, 1.82) is 0 Å². The molecule has 1 saturated heterocycles. The normalized spacial score (nSPS) is 40.1. The van der Waals surface area contributed by atoms with Crippen molar-refractivity contribution in [3.8, 4) is 0 Å². The summed E-state index contributed by atoms with van der Waals surface area (Å²) in [6.45, 7) is 8.58. The van der Waals surface area contributed by atoms with Gasteiger partial charge >= 0.3 is 7.12 Å². The minimum absolute atomic E-state index is 0.0637. The zero-order chi connectivity index (χ0) is 11.6. The van der Waals surface area contributed by atoms with Crippen molar-refractivity contribution in [3.63, 3.8) is 0 Å². The second-order valence-corrected chi connectivity index (χ2v) is 6.96. The molecule has 90 valence electrons. The lowest BCUT2D eigenvalue weighted by atomic mass is 9.80. The van der Waals surface area contributed by atoms with Gasteiger partial charge in [-0.1, -0.05) is 12.8 Å². The fourth-order valence-electron chi connectivity index (χ4n) is 2.72. The molecule has 2 aliphatic carbocycles. The van der Waals surface area contributed by atoms with Crippen LogP contribution in [0, 0.1) is 11.8 Å². The van der Waals surface area contributed by atoms with E-state index >= 15 is 0 Å². The summed E-state index contributed by atoms with van der Waals surface area (Å²) in [6.07, 6.45) is 5.68. The Kier molecular flexibility index (Phi) is 2.26. The van der Waals surface area contributed by atoms with E-state index in [2.05, 4.69) is 27.7 Å². The Hall–Kier alpha value is -0.0151. The van der Waals surface area contributed by atoms with Gasteiger partial charge in [0.15, 0.2) is 0 Å². The van der Waals surface area contributed by atoms with E-state index in [4.69, 9.17) is 9.31 Å². The van der Waals surface area contributed by atoms with E-state index in [9.17, 15) is 0 Å². The van der Waals surface area contributed by atoms with Gasteiger partial charge < -0.3 is 9.31 Å². The van der Waals surface area contributed by atoms with Gasteiger partial charge in [-0.3, -0.25) is 0 Å². The Balaban J connectivity index is 1.58. The predicted molar refractivity (Wildman–Crippen MR) is 65.3 cm³/mol. The molecule has 0 N–H and O–H groups in total. The van der Waals surface area contributed by atoms with Crippen molar-refractivity contribution in [2.75, 3.05) is 0 Å². The van der Waals surface area contributed by atoms with Crippen LogP contribution in [0.15, 0.2) is 0 Å². The van der Waals surface area contributed by atoms with Crippen molar-refractivity contribution in [1.82, 2.24) is 0 Å². The van der Waals surface area contributed by atoms with Gasteiger partial charge in [0.05, 0.1) is 11.2 Å². The molecule has 2 atom stereocenters. The summed E-state index contributed by atoms with van der Waals surface area (Å²) in [6, 6.07) is 0. The molecule has 2 saturated carbocycles. The van der Waals surface area contributed by atoms with Crippen molar-refractivity contribution in [3.05, 3.63) is 0 Å². The Bertz CT molecular complexity index is 280. The molecule has 0 amide bonds. The zero-order valence-corrected chi connectivity index (χ0v) is 11.0. The van der Waals surface area contributed by atoms with E-state index in [1.807, 2.05) is 0 Å². The average Bonchev–Trinajstić information content (AvgIpc) is 2.99. The van der Waals surface area contributed by atoms with Gasteiger partial charge in [-0.25, -0.2) is 0 Å². The third-order valence-electron chi connectivity index (χ3n) is 4.93. The van der Waals surface area contributed by atoms with Crippen LogP contribution in [0.1, 0.15) is 53.4 Å². The van der Waals surface area contributed by atoms with Gasteiger partial charge in [-0.15, -0.1) is 0 Å². The van der Waals surface area contributed by atoms with E-state index in [1.54, 1.807) is 0 Å². The maximum Gasteiger partial charge on any atom is 0.461 e. The second kappa shape index (κ2) is 3.26. The Morgan fingerprint density at radius 2 is 1.62 bits per heavy atom. The lowest BCUT2D eigenvalue weighted by Crippen LogP contribution is -2.41. The molecular weight excluding hydrogens is 199 g/mol. The smallest absolute Gasteiger partial charge is 0.403 e. The van der Waals surface area contributed by atoms with Crippen LogP contribution in [0.2, 0.25) is 5.82 Å². The summed E-state index contributed by atoms with van der Waals surface area (Å²) in [4.78, 5) is 0. The monoisotopic (exact) mass is 222 g/mol. The molecule has 1 aliphatic heterocycles. The molecule has 0 aromatic rings. The number of hydrogen-bond donors (Lipinski definition) is 0. The van der Waals surface area contributed by atoms with Gasteiger partial charge in [0.1, 0.15) is 0 Å². The molecule has 0 radical (unpaired) electrons. The maximum atomic E-state index is 6.10. The number of hydrogen-bond acceptors (Lipinski definition) is 2. The van der Waals surface area contributed by atoms with Gasteiger partial charge in [0.25, 0.3) is 0 Å². The Morgan fingerprint density at radius 3 is 2.12 bits per heavy atom. The molecule has 16 heavy (non-hydrogen) atoms. The minimum atomic E-state index is -0.148. The zero-order valence-electron chi connectivity index (χ0n) is 11.0. The first kappa shape index (κ1) is 11.1. The van der Waals surface area contributed by atoms with Crippen molar-refractivity contribution < 1.29 is 9.31 Å². The molecule has 3 aliphatic rings. The van der Waals surface area contributed by atoms with Crippen LogP contribution in [0.4, 0.5) is 0 Å². The van der Waals surface area contributed by atoms with Crippen LogP contribution in [0.3, 0.4) is 0 Å². The van der Waals surface area contributed by atoms with E-state index in [1.165, 1.54) is 25.7 Å². The summed E-state index contributed by atoms with van der Waals surface area (Å²) in [7, 11) is 0.0637. The molecule has 2 unspecified atom stereocenters. The summed E-state index contributed by atoms with van der Waals surface area (Å²) in [5, 5.41) is 0. The van der Waals surface area contributed by atoms with Crippen LogP contribution in [0.5, 0.6) is 0 Å².